The summed E-state index contributed by atoms with van der Waals surface area (Å²) in [6.45, 7) is 7.62. The molecule has 1 fully saturated rings. The van der Waals surface area contributed by atoms with Gasteiger partial charge in [-0.05, 0) is 52.7 Å². The zero-order valence-corrected chi connectivity index (χ0v) is 24.4. The van der Waals surface area contributed by atoms with Crippen molar-refractivity contribution >= 4 is 44.6 Å². The van der Waals surface area contributed by atoms with Crippen LogP contribution >= 0.6 is 11.3 Å². The lowest BCUT2D eigenvalue weighted by Crippen LogP contribution is -2.55. The molecule has 216 valence electrons. The topological polar surface area (TPSA) is 130 Å². The highest BCUT2D eigenvalue weighted by atomic mass is 32.1. The number of aromatic nitrogens is 5. The fourth-order valence-corrected chi connectivity index (χ4v) is 6.00. The van der Waals surface area contributed by atoms with Gasteiger partial charge >= 0.3 is 11.7 Å². The van der Waals surface area contributed by atoms with Crippen LogP contribution in [0.15, 0.2) is 27.8 Å². The molecule has 1 aliphatic heterocycles. The molecule has 0 saturated carbocycles. The van der Waals surface area contributed by atoms with E-state index < -0.39 is 40.7 Å². The van der Waals surface area contributed by atoms with Gasteiger partial charge in [-0.3, -0.25) is 23.3 Å². The van der Waals surface area contributed by atoms with Crippen LogP contribution in [0.25, 0.3) is 21.4 Å². The van der Waals surface area contributed by atoms with E-state index in [1.807, 2.05) is 0 Å². The number of nitrogens with two attached hydrogens (primary N) is 1. The molecule has 1 aliphatic rings. The Balaban J connectivity index is 1.61. The number of carbonyl (C=O) groups excluding carboxylic acids is 1. The van der Waals surface area contributed by atoms with Crippen molar-refractivity contribution in [2.24, 2.45) is 18.7 Å². The third kappa shape index (κ3) is 5.37. The number of halogens is 1. The van der Waals surface area contributed by atoms with E-state index in [1.165, 1.54) is 28.0 Å². The number of piperidine rings is 1. The van der Waals surface area contributed by atoms with Crippen LogP contribution in [-0.4, -0.2) is 48.0 Å². The average molecular weight is 582 g/mol. The predicted molar refractivity (Wildman–Crippen MR) is 155 cm³/mol. The van der Waals surface area contributed by atoms with Crippen molar-refractivity contribution < 1.29 is 13.9 Å². The molecular formula is C28H32FN7O4S. The number of imidazole rings is 1. The lowest BCUT2D eigenvalue weighted by Gasteiger charge is -2.39. The summed E-state index contributed by atoms with van der Waals surface area (Å²) >= 11 is 1.28. The molecule has 4 aromatic rings. The minimum atomic E-state index is -0.758. The van der Waals surface area contributed by atoms with E-state index in [4.69, 9.17) is 15.5 Å². The van der Waals surface area contributed by atoms with Crippen molar-refractivity contribution in [2.75, 3.05) is 11.4 Å². The molecular weight excluding hydrogens is 549 g/mol. The number of nitrogens with zero attached hydrogens (tertiary/aromatic N) is 6. The highest BCUT2D eigenvalue weighted by molar-refractivity contribution is 7.18. The summed E-state index contributed by atoms with van der Waals surface area (Å²) in [5, 5.41) is 0.488. The molecule has 1 saturated heterocycles. The van der Waals surface area contributed by atoms with Crippen LogP contribution in [0.2, 0.25) is 0 Å². The molecule has 0 amide bonds. The molecule has 2 N–H and O–H groups in total. The Kier molecular flexibility index (Phi) is 7.48. The van der Waals surface area contributed by atoms with Crippen LogP contribution in [-0.2, 0) is 29.7 Å². The molecule has 2 atom stereocenters. The van der Waals surface area contributed by atoms with E-state index in [9.17, 15) is 18.8 Å². The first-order valence-electron chi connectivity index (χ1n) is 13.3. The maximum atomic E-state index is 13.9. The zero-order valence-electron chi connectivity index (χ0n) is 23.6. The van der Waals surface area contributed by atoms with Crippen molar-refractivity contribution in [2.45, 2.75) is 65.4 Å². The molecule has 0 aliphatic carbocycles. The molecule has 41 heavy (non-hydrogen) atoms. The quantitative estimate of drug-likeness (QED) is 0.281. The molecule has 13 heteroatoms. The van der Waals surface area contributed by atoms with Crippen LogP contribution in [0.4, 0.5) is 10.3 Å². The highest BCUT2D eigenvalue weighted by Crippen LogP contribution is 2.30. The Morgan fingerprint density at radius 2 is 2.00 bits per heavy atom. The number of hydrogen-bond acceptors (Lipinski definition) is 9. The van der Waals surface area contributed by atoms with Gasteiger partial charge in [0, 0.05) is 19.7 Å². The molecule has 0 bridgehead atoms. The van der Waals surface area contributed by atoms with Crippen molar-refractivity contribution in [3.8, 4) is 11.8 Å². The number of rotatable bonds is 5. The fraction of sp³-hybridized carbons (Fsp3) is 0.464. The molecule has 4 heterocycles. The van der Waals surface area contributed by atoms with Crippen molar-refractivity contribution in [1.29, 1.82) is 0 Å². The minimum absolute atomic E-state index is 0.0909. The SMILES string of the molecule is CC#CCn1c(N2CCCC(C(=O)OC(C)(C)C)[C@@H]2N)nc2c1c(=O)n(Cc1nc3cc(F)ccc3s1)c(=O)n2C. The normalized spacial score (nSPS) is 17.6. The summed E-state index contributed by atoms with van der Waals surface area (Å²) in [6.07, 6.45) is 0.451. The molecule has 0 radical (unpaired) electrons. The predicted octanol–water partition coefficient (Wildman–Crippen LogP) is 2.56. The first-order chi connectivity index (χ1) is 19.4. The van der Waals surface area contributed by atoms with E-state index in [0.29, 0.717) is 35.9 Å². The summed E-state index contributed by atoms with van der Waals surface area (Å²) in [5.41, 5.74) is 5.67. The maximum absolute atomic E-state index is 13.9. The van der Waals surface area contributed by atoms with Gasteiger partial charge in [-0.25, -0.2) is 14.2 Å². The first kappa shape index (κ1) is 28.5. The van der Waals surface area contributed by atoms with Gasteiger partial charge in [-0.1, -0.05) is 5.92 Å². The number of benzene rings is 1. The summed E-state index contributed by atoms with van der Waals surface area (Å²) < 4.78 is 24.1. The first-order valence-corrected chi connectivity index (χ1v) is 14.1. The van der Waals surface area contributed by atoms with E-state index in [2.05, 4.69) is 16.8 Å². The second-order valence-electron chi connectivity index (χ2n) is 11.0. The largest absolute Gasteiger partial charge is 0.460 e. The number of carbonyl (C=O) groups is 1. The molecule has 11 nitrogen and oxygen atoms in total. The smallest absolute Gasteiger partial charge is 0.332 e. The number of hydrogen-bond donors (Lipinski definition) is 1. The minimum Gasteiger partial charge on any atom is -0.460 e. The van der Waals surface area contributed by atoms with Gasteiger partial charge in [0.15, 0.2) is 11.2 Å². The Morgan fingerprint density at radius 1 is 1.24 bits per heavy atom. The standard InChI is InChI=1S/C28H32FN7O4S/c1-6-7-12-34-21-23(32-26(34)35-13-8-9-17(22(35)30)25(38)40-28(2,3)4)33(5)27(39)36(24(21)37)15-20-31-18-14-16(29)10-11-19(18)41-20/h10-11,14,17,22H,8-9,12-13,15,30H2,1-5H3/t17?,22-/m1/s1. The number of thiazole rings is 1. The number of anilines is 1. The van der Waals surface area contributed by atoms with Crippen LogP contribution in [0.5, 0.6) is 0 Å². The monoisotopic (exact) mass is 581 g/mol. The molecule has 3 aromatic heterocycles. The average Bonchev–Trinajstić information content (AvgIpc) is 3.48. The van der Waals surface area contributed by atoms with Crippen molar-refractivity contribution in [1.82, 2.24) is 23.7 Å². The van der Waals surface area contributed by atoms with Gasteiger partial charge < -0.3 is 15.4 Å². The Hall–Kier alpha value is -4.02. The molecule has 1 aromatic carbocycles. The summed E-state index contributed by atoms with van der Waals surface area (Å²) in [6, 6.07) is 4.28. The summed E-state index contributed by atoms with van der Waals surface area (Å²) in [5.74, 6) is 4.78. The third-order valence-corrected chi connectivity index (χ3v) is 7.99. The Labute approximate surface area is 239 Å². The fourth-order valence-electron chi connectivity index (χ4n) is 5.06. The van der Waals surface area contributed by atoms with E-state index in [-0.39, 0.29) is 24.3 Å². The highest BCUT2D eigenvalue weighted by Gasteiger charge is 2.38. The van der Waals surface area contributed by atoms with E-state index in [0.717, 1.165) is 9.27 Å². The van der Waals surface area contributed by atoms with Crippen molar-refractivity contribution in [3.63, 3.8) is 0 Å². The Morgan fingerprint density at radius 3 is 2.71 bits per heavy atom. The Bertz CT molecular complexity index is 1840. The molecule has 5 rings (SSSR count). The van der Waals surface area contributed by atoms with Crippen LogP contribution in [0.3, 0.4) is 0 Å². The summed E-state index contributed by atoms with van der Waals surface area (Å²) in [7, 11) is 1.54. The second kappa shape index (κ2) is 10.8. The lowest BCUT2D eigenvalue weighted by atomic mass is 9.94. The van der Waals surface area contributed by atoms with Crippen molar-refractivity contribution in [3.05, 3.63) is 49.9 Å². The lowest BCUT2D eigenvalue weighted by molar-refractivity contribution is -0.161. The van der Waals surface area contributed by atoms with Gasteiger partial charge in [0.2, 0.25) is 5.95 Å². The number of aryl methyl sites for hydroxylation is 1. The van der Waals surface area contributed by atoms with E-state index in [1.54, 1.807) is 50.3 Å². The summed E-state index contributed by atoms with van der Waals surface area (Å²) in [4.78, 5) is 51.2. The van der Waals surface area contributed by atoms with Gasteiger partial charge in [0.1, 0.15) is 16.4 Å². The van der Waals surface area contributed by atoms with Gasteiger partial charge in [0.25, 0.3) is 5.56 Å². The number of fused-ring (bicyclic) bond motifs is 2. The van der Waals surface area contributed by atoms with E-state index >= 15 is 0 Å². The third-order valence-electron chi connectivity index (χ3n) is 6.97. The number of ether oxygens (including phenoxy) is 1. The van der Waals surface area contributed by atoms with Gasteiger partial charge in [-0.15, -0.1) is 17.3 Å². The van der Waals surface area contributed by atoms with Crippen LogP contribution < -0.4 is 21.9 Å². The van der Waals surface area contributed by atoms with Crippen LogP contribution in [0.1, 0.15) is 45.5 Å². The van der Waals surface area contributed by atoms with Crippen LogP contribution in [0, 0.1) is 23.6 Å². The molecule has 1 unspecified atom stereocenters. The second-order valence-corrected chi connectivity index (χ2v) is 12.1. The zero-order chi connectivity index (χ0) is 29.6. The van der Waals surface area contributed by atoms with Gasteiger partial charge in [0.05, 0.1) is 35.4 Å². The molecule has 0 spiro atoms. The maximum Gasteiger partial charge on any atom is 0.332 e. The van der Waals surface area contributed by atoms with Gasteiger partial charge in [-0.2, -0.15) is 4.98 Å². The number of esters is 1.